The van der Waals surface area contributed by atoms with E-state index in [1.54, 1.807) is 36.4 Å². The number of aryl methyl sites for hydroxylation is 1. The number of hydrogen-bond donors (Lipinski definition) is 5. The second-order valence-electron chi connectivity index (χ2n) is 14.7. The van der Waals surface area contributed by atoms with Crippen LogP contribution in [0.15, 0.2) is 70.4 Å². The number of amides is 3. The van der Waals surface area contributed by atoms with Gasteiger partial charge in [0.2, 0.25) is 21.8 Å². The number of carbonyl (C=O) groups is 3. The molecule has 52 heavy (non-hydrogen) atoms. The van der Waals surface area contributed by atoms with Gasteiger partial charge in [-0.1, -0.05) is 30.3 Å². The normalized spacial score (nSPS) is 17.1. The predicted molar refractivity (Wildman–Crippen MR) is 200 cm³/mol. The highest BCUT2D eigenvalue weighted by Crippen LogP contribution is 2.30. The number of nitrogens with zero attached hydrogens (tertiary/aromatic N) is 1. The van der Waals surface area contributed by atoms with Crippen molar-refractivity contribution in [2.24, 2.45) is 11.8 Å². The first kappa shape index (κ1) is 38.3. The molecule has 3 aromatic carbocycles. The number of carbonyl (C=O) groups excluding carboxylic acids is 3. The lowest BCUT2D eigenvalue weighted by molar-refractivity contribution is -0.130. The monoisotopic (exact) mass is 732 g/mol. The number of imidazole rings is 1. The molecule has 3 amide bonds. The van der Waals surface area contributed by atoms with E-state index in [4.69, 9.17) is 4.74 Å². The Hall–Kier alpha value is -4.95. The molecule has 1 aliphatic carbocycles. The Kier molecular flexibility index (Phi) is 11.6. The van der Waals surface area contributed by atoms with Crippen LogP contribution in [0.3, 0.4) is 0 Å². The van der Waals surface area contributed by atoms with E-state index in [1.807, 2.05) is 52.0 Å². The van der Waals surface area contributed by atoms with Crippen molar-refractivity contribution < 1.29 is 27.5 Å². The van der Waals surface area contributed by atoms with Crippen LogP contribution in [0.2, 0.25) is 0 Å². The fourth-order valence-electron chi connectivity index (χ4n) is 6.35. The van der Waals surface area contributed by atoms with Crippen molar-refractivity contribution in [3.8, 4) is 11.1 Å². The molecule has 0 radical (unpaired) electrons. The van der Waals surface area contributed by atoms with Gasteiger partial charge in [0.25, 0.3) is 0 Å². The Balaban J connectivity index is 1.30. The molecule has 1 aliphatic rings. The summed E-state index contributed by atoms with van der Waals surface area (Å²) in [6.07, 6.45) is 2.47. The van der Waals surface area contributed by atoms with E-state index >= 15 is 0 Å². The van der Waals surface area contributed by atoms with Crippen molar-refractivity contribution in [3.05, 3.63) is 82.3 Å². The molecule has 5 N–H and O–H groups in total. The first-order chi connectivity index (χ1) is 24.5. The molecule has 0 bridgehead atoms. The summed E-state index contributed by atoms with van der Waals surface area (Å²) in [6, 6.07) is 16.6. The standard InChI is InChI=1S/C38H48N6O7S/c1-23-7-17-29(52(49,50)44(5)6)21-30(23)26-12-8-24(9-13-26)19-33(35(46)40-28-16-18-31-32(20-28)43-36(47)42-31)41-34(45)27-14-10-25(11-15-27)22-39-37(48)51-38(2,3)4/h7-9,12-13,16-18,20-21,25,27,33H,10-11,14-15,19,22H2,1-6H3,(H,39,48)(H,40,46)(H,41,45)(H2,42,43,47). The van der Waals surface area contributed by atoms with E-state index in [-0.39, 0.29) is 34.7 Å². The third-order valence-corrected chi connectivity index (χ3v) is 11.1. The van der Waals surface area contributed by atoms with Gasteiger partial charge in [-0.3, -0.25) is 9.59 Å². The number of alkyl carbamates (subject to hydrolysis) is 1. The highest BCUT2D eigenvalue weighted by atomic mass is 32.2. The van der Waals surface area contributed by atoms with Crippen LogP contribution < -0.4 is 21.6 Å². The number of benzene rings is 3. The zero-order valence-corrected chi connectivity index (χ0v) is 31.3. The first-order valence-electron chi connectivity index (χ1n) is 17.4. The number of fused-ring (bicyclic) bond motifs is 1. The van der Waals surface area contributed by atoms with Crippen LogP contribution >= 0.6 is 0 Å². The highest BCUT2D eigenvalue weighted by Gasteiger charge is 2.30. The van der Waals surface area contributed by atoms with Crippen LogP contribution in [0.5, 0.6) is 0 Å². The number of aromatic nitrogens is 2. The Bertz CT molecular complexity index is 2090. The smallest absolute Gasteiger partial charge is 0.407 e. The molecule has 278 valence electrons. The van der Waals surface area contributed by atoms with Crippen LogP contribution in [0.1, 0.15) is 57.6 Å². The van der Waals surface area contributed by atoms with Crippen LogP contribution in [0.25, 0.3) is 22.2 Å². The van der Waals surface area contributed by atoms with Crippen molar-refractivity contribution >= 4 is 44.7 Å². The van der Waals surface area contributed by atoms with E-state index in [1.165, 1.54) is 18.4 Å². The Morgan fingerprint density at radius 3 is 2.25 bits per heavy atom. The molecule has 13 nitrogen and oxygen atoms in total. The SMILES string of the molecule is Cc1ccc(S(=O)(=O)N(C)C)cc1-c1ccc(CC(NC(=O)C2CCC(CNC(=O)OC(C)(C)C)CC2)C(=O)Nc2ccc3[nH]c(=O)[nH]c3c2)cc1. The quantitative estimate of drug-likeness (QED) is 0.143. The molecule has 1 heterocycles. The number of sulfonamides is 1. The average molecular weight is 733 g/mol. The number of nitrogens with one attached hydrogen (secondary N) is 5. The number of ether oxygens (including phenoxy) is 1. The van der Waals surface area contributed by atoms with E-state index in [0.717, 1.165) is 35.1 Å². The topological polar surface area (TPSA) is 183 Å². The van der Waals surface area contributed by atoms with Crippen molar-refractivity contribution in [2.75, 3.05) is 26.0 Å². The predicted octanol–water partition coefficient (Wildman–Crippen LogP) is 5.08. The summed E-state index contributed by atoms with van der Waals surface area (Å²) < 4.78 is 32.1. The van der Waals surface area contributed by atoms with Gasteiger partial charge in [0, 0.05) is 38.7 Å². The molecular formula is C38H48N6O7S. The summed E-state index contributed by atoms with van der Waals surface area (Å²) in [7, 11) is -0.640. The lowest BCUT2D eigenvalue weighted by Crippen LogP contribution is -2.48. The summed E-state index contributed by atoms with van der Waals surface area (Å²) in [4.78, 5) is 56.8. The minimum Gasteiger partial charge on any atom is -0.444 e. The minimum absolute atomic E-state index is 0.192. The van der Waals surface area contributed by atoms with E-state index in [9.17, 15) is 27.6 Å². The fourth-order valence-corrected chi connectivity index (χ4v) is 7.28. The Morgan fingerprint density at radius 2 is 1.60 bits per heavy atom. The van der Waals surface area contributed by atoms with Gasteiger partial charge >= 0.3 is 11.8 Å². The number of anilines is 1. The minimum atomic E-state index is -3.62. The van der Waals surface area contributed by atoms with Gasteiger partial charge < -0.3 is 30.7 Å². The number of hydrogen-bond acceptors (Lipinski definition) is 7. The van der Waals surface area contributed by atoms with Gasteiger partial charge in [-0.15, -0.1) is 0 Å². The lowest BCUT2D eigenvalue weighted by Gasteiger charge is -2.29. The fraction of sp³-hybridized carbons (Fsp3) is 0.421. The van der Waals surface area contributed by atoms with Crippen molar-refractivity contribution in [1.29, 1.82) is 0 Å². The van der Waals surface area contributed by atoms with Crippen LogP contribution in [-0.2, 0) is 30.8 Å². The van der Waals surface area contributed by atoms with Crippen LogP contribution in [-0.4, -0.2) is 72.9 Å². The van der Waals surface area contributed by atoms with E-state index in [2.05, 4.69) is 25.9 Å². The Morgan fingerprint density at radius 1 is 0.923 bits per heavy atom. The molecular weight excluding hydrogens is 685 g/mol. The summed E-state index contributed by atoms with van der Waals surface area (Å²) in [6.45, 7) is 7.81. The summed E-state index contributed by atoms with van der Waals surface area (Å²) in [5, 5.41) is 8.72. The molecule has 0 aliphatic heterocycles. The third kappa shape index (κ3) is 9.68. The largest absolute Gasteiger partial charge is 0.444 e. The third-order valence-electron chi connectivity index (χ3n) is 9.26. The zero-order valence-electron chi connectivity index (χ0n) is 30.5. The number of rotatable bonds is 11. The summed E-state index contributed by atoms with van der Waals surface area (Å²) >= 11 is 0. The molecule has 1 atom stereocenters. The van der Waals surface area contributed by atoms with Crippen LogP contribution in [0, 0.1) is 18.8 Å². The molecule has 1 saturated carbocycles. The molecule has 1 aromatic heterocycles. The van der Waals surface area contributed by atoms with Gasteiger partial charge in [0.1, 0.15) is 11.6 Å². The van der Waals surface area contributed by atoms with Crippen molar-refractivity contribution in [2.45, 2.75) is 76.3 Å². The number of H-pyrrole nitrogens is 2. The van der Waals surface area contributed by atoms with Gasteiger partial charge in [-0.25, -0.2) is 22.3 Å². The summed E-state index contributed by atoms with van der Waals surface area (Å²) in [5.74, 6) is -0.695. The average Bonchev–Trinajstić information content (AvgIpc) is 3.46. The maximum absolute atomic E-state index is 13.8. The van der Waals surface area contributed by atoms with E-state index < -0.39 is 33.7 Å². The molecule has 5 rings (SSSR count). The highest BCUT2D eigenvalue weighted by molar-refractivity contribution is 7.89. The maximum Gasteiger partial charge on any atom is 0.407 e. The van der Waals surface area contributed by atoms with Gasteiger partial charge in [0.15, 0.2) is 0 Å². The number of aromatic amines is 2. The van der Waals surface area contributed by atoms with Crippen LogP contribution in [0.4, 0.5) is 10.5 Å². The molecule has 4 aromatic rings. The van der Waals surface area contributed by atoms with Gasteiger partial charge in [-0.2, -0.15) is 0 Å². The van der Waals surface area contributed by atoms with Crippen molar-refractivity contribution in [3.63, 3.8) is 0 Å². The molecule has 1 unspecified atom stereocenters. The zero-order chi connectivity index (χ0) is 37.8. The Labute approximate surface area is 304 Å². The second-order valence-corrected chi connectivity index (χ2v) is 16.8. The lowest BCUT2D eigenvalue weighted by atomic mass is 9.81. The molecule has 1 fully saturated rings. The molecule has 14 heteroatoms. The summed E-state index contributed by atoms with van der Waals surface area (Å²) in [5.41, 5.74) is 3.94. The molecule has 0 spiro atoms. The maximum atomic E-state index is 13.8. The second kappa shape index (κ2) is 15.7. The van der Waals surface area contributed by atoms with E-state index in [0.29, 0.717) is 36.1 Å². The molecule has 0 saturated heterocycles. The van der Waals surface area contributed by atoms with Gasteiger partial charge in [0.05, 0.1) is 15.9 Å². The van der Waals surface area contributed by atoms with Gasteiger partial charge in [-0.05, 0) is 112 Å². The first-order valence-corrected chi connectivity index (χ1v) is 18.8. The van der Waals surface area contributed by atoms with Crippen molar-refractivity contribution in [1.82, 2.24) is 24.9 Å².